The van der Waals surface area contributed by atoms with Crippen LogP contribution in [-0.2, 0) is 13.1 Å². The van der Waals surface area contributed by atoms with Gasteiger partial charge in [0, 0.05) is 23.2 Å². The molecule has 6 nitrogen and oxygen atoms in total. The van der Waals surface area contributed by atoms with E-state index in [4.69, 9.17) is 11.6 Å². The average molecular weight is 429 g/mol. The fourth-order valence-electron chi connectivity index (χ4n) is 3.25. The molecule has 30 heavy (non-hydrogen) atoms. The van der Waals surface area contributed by atoms with Gasteiger partial charge in [-0.25, -0.2) is 23.1 Å². The molecule has 0 atom stereocenters. The van der Waals surface area contributed by atoms with Crippen LogP contribution in [0.15, 0.2) is 71.0 Å². The molecule has 0 aliphatic heterocycles. The van der Waals surface area contributed by atoms with Crippen LogP contribution in [-0.4, -0.2) is 18.7 Å². The summed E-state index contributed by atoms with van der Waals surface area (Å²) >= 11 is 5.95. The van der Waals surface area contributed by atoms with Crippen molar-refractivity contribution in [3.63, 3.8) is 0 Å². The highest BCUT2D eigenvalue weighted by Crippen LogP contribution is 2.18. The van der Waals surface area contributed by atoms with Crippen LogP contribution in [0, 0.1) is 11.6 Å². The predicted molar refractivity (Wildman–Crippen MR) is 110 cm³/mol. The Bertz CT molecular complexity index is 1390. The SMILES string of the molecule is C=CCn1c(=O)c2c(ncn2Cc2ccc(F)cc2F)n(-c2ccc(Cl)cc2)c1=O. The van der Waals surface area contributed by atoms with Gasteiger partial charge in [0.15, 0.2) is 11.2 Å². The number of allylic oxidation sites excluding steroid dienone is 1. The molecule has 4 aromatic rings. The van der Waals surface area contributed by atoms with E-state index < -0.39 is 22.9 Å². The molecule has 0 spiro atoms. The molecule has 0 fully saturated rings. The molecule has 0 N–H and O–H groups in total. The molecule has 4 rings (SSSR count). The van der Waals surface area contributed by atoms with E-state index in [1.54, 1.807) is 24.3 Å². The molecule has 0 saturated heterocycles. The Morgan fingerprint density at radius 3 is 2.50 bits per heavy atom. The molecule has 0 aliphatic carbocycles. The fraction of sp³-hybridized carbons (Fsp3) is 0.0952. The lowest BCUT2D eigenvalue weighted by molar-refractivity contribution is 0.567. The largest absolute Gasteiger partial charge is 0.337 e. The Labute approximate surface area is 173 Å². The van der Waals surface area contributed by atoms with E-state index in [0.29, 0.717) is 10.7 Å². The number of aromatic nitrogens is 4. The molecule has 0 saturated carbocycles. The number of hydrogen-bond acceptors (Lipinski definition) is 3. The highest BCUT2D eigenvalue weighted by molar-refractivity contribution is 6.30. The normalized spacial score (nSPS) is 11.2. The van der Waals surface area contributed by atoms with Gasteiger partial charge in [-0.15, -0.1) is 6.58 Å². The van der Waals surface area contributed by atoms with Gasteiger partial charge in [0.1, 0.15) is 11.6 Å². The van der Waals surface area contributed by atoms with Gasteiger partial charge in [-0.3, -0.25) is 9.36 Å². The molecule has 2 aromatic heterocycles. The minimum absolute atomic E-state index is 0.0166. The van der Waals surface area contributed by atoms with E-state index in [0.717, 1.165) is 16.7 Å². The first-order chi connectivity index (χ1) is 14.4. The molecule has 9 heteroatoms. The second-order valence-electron chi connectivity index (χ2n) is 6.58. The lowest BCUT2D eigenvalue weighted by Crippen LogP contribution is -2.39. The molecule has 0 radical (unpaired) electrons. The summed E-state index contributed by atoms with van der Waals surface area (Å²) in [5.41, 5.74) is -0.307. The van der Waals surface area contributed by atoms with Crippen LogP contribution in [0.1, 0.15) is 5.56 Å². The third-order valence-electron chi connectivity index (χ3n) is 4.65. The van der Waals surface area contributed by atoms with Crippen molar-refractivity contribution < 1.29 is 8.78 Å². The van der Waals surface area contributed by atoms with Crippen LogP contribution in [0.2, 0.25) is 5.02 Å². The molecule has 0 bridgehead atoms. The lowest BCUT2D eigenvalue weighted by Gasteiger charge is -2.12. The Hall–Kier alpha value is -3.52. The van der Waals surface area contributed by atoms with Gasteiger partial charge in [-0.1, -0.05) is 23.7 Å². The van der Waals surface area contributed by atoms with Crippen LogP contribution >= 0.6 is 11.6 Å². The van der Waals surface area contributed by atoms with Gasteiger partial charge in [0.05, 0.1) is 18.6 Å². The number of benzene rings is 2. The number of hydrogen-bond donors (Lipinski definition) is 0. The number of halogens is 3. The Balaban J connectivity index is 1.99. The molecule has 2 heterocycles. The van der Waals surface area contributed by atoms with Crippen molar-refractivity contribution in [1.29, 1.82) is 0 Å². The van der Waals surface area contributed by atoms with Crippen molar-refractivity contribution in [2.24, 2.45) is 0 Å². The zero-order chi connectivity index (χ0) is 21.4. The first kappa shape index (κ1) is 19.8. The zero-order valence-electron chi connectivity index (χ0n) is 15.6. The molecular weight excluding hydrogens is 414 g/mol. The van der Waals surface area contributed by atoms with Crippen molar-refractivity contribution in [3.8, 4) is 5.69 Å². The van der Waals surface area contributed by atoms with Gasteiger partial charge in [-0.2, -0.15) is 0 Å². The predicted octanol–water partition coefficient (Wildman–Crippen LogP) is 3.51. The standard InChI is InChI=1S/C21H15ClF2N4O2/c1-2-9-27-20(29)18-19(28(21(27)30)16-7-4-14(22)5-8-16)25-12-26(18)11-13-3-6-15(23)10-17(13)24/h2-8,10,12H,1,9,11H2. The maximum absolute atomic E-state index is 14.2. The summed E-state index contributed by atoms with van der Waals surface area (Å²) in [4.78, 5) is 30.3. The second-order valence-corrected chi connectivity index (χ2v) is 7.02. The highest BCUT2D eigenvalue weighted by atomic mass is 35.5. The summed E-state index contributed by atoms with van der Waals surface area (Å²) in [5, 5.41) is 0.486. The number of fused-ring (bicyclic) bond motifs is 1. The zero-order valence-corrected chi connectivity index (χ0v) is 16.3. The van der Waals surface area contributed by atoms with Gasteiger partial charge in [-0.05, 0) is 30.3 Å². The Morgan fingerprint density at radius 2 is 1.83 bits per heavy atom. The topological polar surface area (TPSA) is 61.8 Å². The minimum atomic E-state index is -0.741. The summed E-state index contributed by atoms with van der Waals surface area (Å²) in [6.07, 6.45) is 2.78. The van der Waals surface area contributed by atoms with Gasteiger partial charge >= 0.3 is 5.69 Å². The second kappa shape index (κ2) is 7.72. The number of rotatable bonds is 5. The van der Waals surface area contributed by atoms with Crippen molar-refractivity contribution in [2.75, 3.05) is 0 Å². The molecule has 0 amide bonds. The molecule has 2 aromatic carbocycles. The van der Waals surface area contributed by atoms with Crippen molar-refractivity contribution in [1.82, 2.24) is 18.7 Å². The summed E-state index contributed by atoms with van der Waals surface area (Å²) < 4.78 is 31.1. The van der Waals surface area contributed by atoms with Crippen molar-refractivity contribution >= 4 is 22.8 Å². The number of imidazole rings is 1. The van der Waals surface area contributed by atoms with E-state index in [9.17, 15) is 18.4 Å². The molecule has 0 unspecified atom stereocenters. The average Bonchev–Trinajstić information content (AvgIpc) is 3.12. The summed E-state index contributed by atoms with van der Waals surface area (Å²) in [5.74, 6) is -1.44. The third kappa shape index (κ3) is 3.35. The van der Waals surface area contributed by atoms with Gasteiger partial charge in [0.25, 0.3) is 5.56 Å². The van der Waals surface area contributed by atoms with E-state index in [2.05, 4.69) is 11.6 Å². The van der Waals surface area contributed by atoms with Crippen molar-refractivity contribution in [3.05, 3.63) is 105 Å². The highest BCUT2D eigenvalue weighted by Gasteiger charge is 2.19. The van der Waals surface area contributed by atoms with Gasteiger partial charge < -0.3 is 4.57 Å². The molecule has 152 valence electrons. The lowest BCUT2D eigenvalue weighted by atomic mass is 10.2. The molecule has 0 aliphatic rings. The van der Waals surface area contributed by atoms with Crippen LogP contribution in [0.5, 0.6) is 0 Å². The monoisotopic (exact) mass is 428 g/mol. The fourth-order valence-corrected chi connectivity index (χ4v) is 3.37. The summed E-state index contributed by atoms with van der Waals surface area (Å²) in [6.45, 7) is 3.52. The van der Waals surface area contributed by atoms with Crippen LogP contribution < -0.4 is 11.2 Å². The van der Waals surface area contributed by atoms with Crippen LogP contribution in [0.25, 0.3) is 16.9 Å². The van der Waals surface area contributed by atoms with Gasteiger partial charge in [0.2, 0.25) is 0 Å². The maximum atomic E-state index is 14.2. The minimum Gasteiger partial charge on any atom is -0.320 e. The quantitative estimate of drug-likeness (QED) is 0.457. The Morgan fingerprint density at radius 1 is 1.10 bits per heavy atom. The van der Waals surface area contributed by atoms with Crippen LogP contribution in [0.3, 0.4) is 0 Å². The third-order valence-corrected chi connectivity index (χ3v) is 4.90. The Kier molecular flexibility index (Phi) is 5.09. The first-order valence-corrected chi connectivity index (χ1v) is 9.30. The van der Waals surface area contributed by atoms with E-state index in [-0.39, 0.29) is 29.8 Å². The first-order valence-electron chi connectivity index (χ1n) is 8.92. The van der Waals surface area contributed by atoms with E-state index in [1.807, 2.05) is 0 Å². The van der Waals surface area contributed by atoms with E-state index >= 15 is 0 Å². The summed E-state index contributed by atoms with van der Waals surface area (Å²) in [7, 11) is 0. The number of nitrogens with zero attached hydrogens (tertiary/aromatic N) is 4. The summed E-state index contributed by atoms with van der Waals surface area (Å²) in [6, 6.07) is 9.69. The smallest absolute Gasteiger partial charge is 0.320 e. The molecular formula is C21H15ClF2N4O2. The van der Waals surface area contributed by atoms with E-state index in [1.165, 1.54) is 27.6 Å². The van der Waals surface area contributed by atoms with Crippen LogP contribution in [0.4, 0.5) is 8.78 Å². The van der Waals surface area contributed by atoms with Crippen molar-refractivity contribution in [2.45, 2.75) is 13.1 Å². The maximum Gasteiger partial charge on any atom is 0.337 e.